The van der Waals surface area contributed by atoms with E-state index in [4.69, 9.17) is 0 Å². The SMILES string of the molecule is Cc1ccc(NC(=O)NC2CC(=O)N(c3ccc(F)cc3)C2)cc1F. The van der Waals surface area contributed by atoms with Gasteiger partial charge in [0.1, 0.15) is 11.6 Å². The van der Waals surface area contributed by atoms with Gasteiger partial charge in [-0.1, -0.05) is 6.07 Å². The lowest BCUT2D eigenvalue weighted by molar-refractivity contribution is -0.117. The Labute approximate surface area is 143 Å². The predicted octanol–water partition coefficient (Wildman–Crippen LogP) is 3.20. The number of hydrogen-bond donors (Lipinski definition) is 2. The number of urea groups is 1. The third kappa shape index (κ3) is 3.93. The highest BCUT2D eigenvalue weighted by atomic mass is 19.1. The van der Waals surface area contributed by atoms with Crippen LogP contribution in [0.1, 0.15) is 12.0 Å². The van der Waals surface area contributed by atoms with Crippen LogP contribution >= 0.6 is 0 Å². The van der Waals surface area contributed by atoms with Crippen molar-refractivity contribution in [2.24, 2.45) is 0 Å². The van der Waals surface area contributed by atoms with Gasteiger partial charge >= 0.3 is 6.03 Å². The molecule has 2 aromatic carbocycles. The summed E-state index contributed by atoms with van der Waals surface area (Å²) >= 11 is 0. The summed E-state index contributed by atoms with van der Waals surface area (Å²) in [7, 11) is 0. The predicted molar refractivity (Wildman–Crippen MR) is 90.4 cm³/mol. The monoisotopic (exact) mass is 345 g/mol. The summed E-state index contributed by atoms with van der Waals surface area (Å²) in [5, 5.41) is 5.24. The number of carbonyl (C=O) groups excluding carboxylic acids is 2. The molecule has 1 aliphatic rings. The number of nitrogens with one attached hydrogen (secondary N) is 2. The van der Waals surface area contributed by atoms with E-state index >= 15 is 0 Å². The Bertz CT molecular complexity index is 808. The Balaban J connectivity index is 1.60. The molecule has 0 radical (unpaired) electrons. The van der Waals surface area contributed by atoms with E-state index in [2.05, 4.69) is 10.6 Å². The molecule has 25 heavy (non-hydrogen) atoms. The summed E-state index contributed by atoms with van der Waals surface area (Å²) in [6.07, 6.45) is 0.146. The number of halogens is 2. The molecule has 0 spiro atoms. The van der Waals surface area contributed by atoms with Gasteiger partial charge in [-0.05, 0) is 48.9 Å². The maximum atomic E-state index is 13.5. The number of rotatable bonds is 3. The first-order valence-corrected chi connectivity index (χ1v) is 7.82. The van der Waals surface area contributed by atoms with E-state index in [1.54, 1.807) is 19.1 Å². The van der Waals surface area contributed by atoms with Gasteiger partial charge in [-0.3, -0.25) is 4.79 Å². The lowest BCUT2D eigenvalue weighted by Gasteiger charge is -2.17. The van der Waals surface area contributed by atoms with Gasteiger partial charge < -0.3 is 15.5 Å². The standard InChI is InChI=1S/C18H17F2N3O2/c1-11-2-5-13(8-16(11)20)21-18(25)22-14-9-17(24)23(10-14)15-6-3-12(19)4-7-15/h2-8,14H,9-10H2,1H3,(H2,21,22,25). The maximum Gasteiger partial charge on any atom is 0.319 e. The van der Waals surface area contributed by atoms with Gasteiger partial charge in [0, 0.05) is 24.3 Å². The lowest BCUT2D eigenvalue weighted by Crippen LogP contribution is -2.39. The first kappa shape index (κ1) is 16.9. The van der Waals surface area contributed by atoms with Crippen LogP contribution in [0.3, 0.4) is 0 Å². The molecule has 3 amide bonds. The van der Waals surface area contributed by atoms with Crippen molar-refractivity contribution >= 4 is 23.3 Å². The lowest BCUT2D eigenvalue weighted by atomic mass is 10.2. The molecule has 2 N–H and O–H groups in total. The smallest absolute Gasteiger partial charge is 0.319 e. The van der Waals surface area contributed by atoms with Gasteiger partial charge in [-0.25, -0.2) is 13.6 Å². The van der Waals surface area contributed by atoms with Gasteiger partial charge in [0.05, 0.1) is 6.04 Å². The van der Waals surface area contributed by atoms with Crippen molar-refractivity contribution in [3.8, 4) is 0 Å². The van der Waals surface area contributed by atoms with Crippen molar-refractivity contribution in [3.05, 3.63) is 59.7 Å². The summed E-state index contributed by atoms with van der Waals surface area (Å²) in [6, 6.07) is 9.11. The second-order valence-electron chi connectivity index (χ2n) is 5.94. The molecule has 0 aromatic heterocycles. The molecule has 3 rings (SSSR count). The average Bonchev–Trinajstić information content (AvgIpc) is 2.92. The highest BCUT2D eigenvalue weighted by Crippen LogP contribution is 2.22. The van der Waals surface area contributed by atoms with Crippen LogP contribution in [-0.4, -0.2) is 24.5 Å². The Morgan fingerprint density at radius 2 is 1.88 bits per heavy atom. The number of benzene rings is 2. The number of hydrogen-bond acceptors (Lipinski definition) is 2. The van der Waals surface area contributed by atoms with Crippen LogP contribution in [0.25, 0.3) is 0 Å². The molecule has 1 aliphatic heterocycles. The Kier molecular flexibility index (Phi) is 4.65. The Morgan fingerprint density at radius 1 is 1.16 bits per heavy atom. The Morgan fingerprint density at radius 3 is 2.56 bits per heavy atom. The quantitative estimate of drug-likeness (QED) is 0.897. The van der Waals surface area contributed by atoms with Crippen LogP contribution < -0.4 is 15.5 Å². The second kappa shape index (κ2) is 6.88. The van der Waals surface area contributed by atoms with E-state index in [9.17, 15) is 18.4 Å². The van der Waals surface area contributed by atoms with E-state index in [1.807, 2.05) is 0 Å². The van der Waals surface area contributed by atoms with Gasteiger partial charge in [0.15, 0.2) is 0 Å². The van der Waals surface area contributed by atoms with E-state index < -0.39 is 11.8 Å². The molecule has 130 valence electrons. The average molecular weight is 345 g/mol. The van der Waals surface area contributed by atoms with Gasteiger partial charge in [-0.2, -0.15) is 0 Å². The number of aryl methyl sites for hydroxylation is 1. The minimum absolute atomic E-state index is 0.146. The molecule has 7 heteroatoms. The topological polar surface area (TPSA) is 61.4 Å². The van der Waals surface area contributed by atoms with Crippen LogP contribution in [0.5, 0.6) is 0 Å². The van der Waals surface area contributed by atoms with Crippen LogP contribution in [0, 0.1) is 18.6 Å². The number of amides is 3. The van der Waals surface area contributed by atoms with Crippen molar-refractivity contribution in [1.29, 1.82) is 0 Å². The molecule has 1 atom stereocenters. The van der Waals surface area contributed by atoms with Gasteiger partial charge in [0.2, 0.25) is 5.91 Å². The molecule has 0 bridgehead atoms. The van der Waals surface area contributed by atoms with Crippen LogP contribution in [0.2, 0.25) is 0 Å². The van der Waals surface area contributed by atoms with Crippen molar-refractivity contribution in [3.63, 3.8) is 0 Å². The fourth-order valence-electron chi connectivity index (χ4n) is 2.70. The highest BCUT2D eigenvalue weighted by Gasteiger charge is 2.31. The molecule has 1 saturated heterocycles. The molecule has 1 fully saturated rings. The molecule has 2 aromatic rings. The van der Waals surface area contributed by atoms with Crippen LogP contribution in [0.4, 0.5) is 25.0 Å². The summed E-state index contributed by atoms with van der Waals surface area (Å²) in [6.45, 7) is 1.92. The van der Waals surface area contributed by atoms with E-state index in [-0.39, 0.29) is 24.2 Å². The van der Waals surface area contributed by atoms with E-state index in [0.29, 0.717) is 23.5 Å². The fraction of sp³-hybridized carbons (Fsp3) is 0.222. The largest absolute Gasteiger partial charge is 0.333 e. The highest BCUT2D eigenvalue weighted by molar-refractivity contribution is 5.97. The molecule has 1 unspecified atom stereocenters. The van der Waals surface area contributed by atoms with Gasteiger partial charge in [-0.15, -0.1) is 0 Å². The Hall–Kier alpha value is -2.96. The molecule has 5 nitrogen and oxygen atoms in total. The van der Waals surface area contributed by atoms with Crippen molar-refractivity contribution in [2.75, 3.05) is 16.8 Å². The molecular formula is C18H17F2N3O2. The van der Waals surface area contributed by atoms with Gasteiger partial charge in [0.25, 0.3) is 0 Å². The van der Waals surface area contributed by atoms with Crippen LogP contribution in [0.15, 0.2) is 42.5 Å². The van der Waals surface area contributed by atoms with Crippen molar-refractivity contribution < 1.29 is 18.4 Å². The second-order valence-corrected chi connectivity index (χ2v) is 5.94. The molecule has 1 heterocycles. The number of anilines is 2. The first-order chi connectivity index (χ1) is 11.9. The zero-order chi connectivity index (χ0) is 18.0. The van der Waals surface area contributed by atoms with E-state index in [0.717, 1.165) is 0 Å². The maximum absolute atomic E-state index is 13.5. The first-order valence-electron chi connectivity index (χ1n) is 7.82. The van der Waals surface area contributed by atoms with Crippen LogP contribution in [-0.2, 0) is 4.79 Å². The summed E-state index contributed by atoms with van der Waals surface area (Å²) < 4.78 is 26.5. The number of carbonyl (C=O) groups is 2. The molecule has 0 aliphatic carbocycles. The third-order valence-electron chi connectivity index (χ3n) is 4.03. The zero-order valence-electron chi connectivity index (χ0n) is 13.6. The van der Waals surface area contributed by atoms with Crippen molar-refractivity contribution in [1.82, 2.24) is 5.32 Å². The minimum atomic E-state index is -0.512. The zero-order valence-corrected chi connectivity index (χ0v) is 13.6. The summed E-state index contributed by atoms with van der Waals surface area (Å²) in [5.41, 5.74) is 1.40. The minimum Gasteiger partial charge on any atom is -0.333 e. The van der Waals surface area contributed by atoms with Crippen molar-refractivity contribution in [2.45, 2.75) is 19.4 Å². The summed E-state index contributed by atoms with van der Waals surface area (Å²) in [5.74, 6) is -0.940. The third-order valence-corrected chi connectivity index (χ3v) is 4.03. The van der Waals surface area contributed by atoms with E-state index in [1.165, 1.54) is 35.2 Å². The number of nitrogens with zero attached hydrogens (tertiary/aromatic N) is 1. The molecule has 0 saturated carbocycles. The molecular weight excluding hydrogens is 328 g/mol. The fourth-order valence-corrected chi connectivity index (χ4v) is 2.70. The normalized spacial score (nSPS) is 16.8. The summed E-state index contributed by atoms with van der Waals surface area (Å²) in [4.78, 5) is 25.6.